The van der Waals surface area contributed by atoms with Crippen LogP contribution in [0.5, 0.6) is 0 Å². The van der Waals surface area contributed by atoms with Gasteiger partial charge < -0.3 is 15.2 Å². The third-order valence-corrected chi connectivity index (χ3v) is 5.45. The van der Waals surface area contributed by atoms with Gasteiger partial charge in [0.15, 0.2) is 11.8 Å². The summed E-state index contributed by atoms with van der Waals surface area (Å²) in [4.78, 5) is 4.83. The number of hydrogen-bond acceptors (Lipinski definition) is 3. The molecule has 0 atom stereocenters. The van der Waals surface area contributed by atoms with E-state index in [0.717, 1.165) is 17.6 Å². The molecule has 0 saturated heterocycles. The zero-order valence-electron chi connectivity index (χ0n) is 15.6. The molecule has 2 N–H and O–H groups in total. The van der Waals surface area contributed by atoms with Gasteiger partial charge in [0.25, 0.3) is 0 Å². The zero-order valence-corrected chi connectivity index (χ0v) is 18.0. The molecule has 3 rings (SSSR count). The van der Waals surface area contributed by atoms with Crippen LogP contribution in [0, 0.1) is 6.92 Å². The van der Waals surface area contributed by atoms with Crippen molar-refractivity contribution in [1.82, 2.24) is 25.4 Å². The Morgan fingerprint density at radius 2 is 1.48 bits per heavy atom. The van der Waals surface area contributed by atoms with Crippen LogP contribution in [0.3, 0.4) is 0 Å². The Morgan fingerprint density at radius 3 is 1.92 bits per heavy atom. The summed E-state index contributed by atoms with van der Waals surface area (Å²) in [6.07, 6.45) is 13.1. The highest BCUT2D eigenvalue weighted by Crippen LogP contribution is 2.19. The van der Waals surface area contributed by atoms with E-state index in [1.165, 1.54) is 64.2 Å². The van der Waals surface area contributed by atoms with Crippen molar-refractivity contribution < 1.29 is 0 Å². The van der Waals surface area contributed by atoms with Gasteiger partial charge in [-0.05, 0) is 32.6 Å². The van der Waals surface area contributed by atoms with E-state index in [2.05, 4.69) is 20.8 Å². The molecule has 25 heavy (non-hydrogen) atoms. The Labute approximate surface area is 168 Å². The lowest BCUT2D eigenvalue weighted by atomic mass is 9.95. The van der Waals surface area contributed by atoms with Gasteiger partial charge in [0, 0.05) is 19.1 Å². The summed E-state index contributed by atoms with van der Waals surface area (Å²) in [5.74, 6) is 2.82. The van der Waals surface area contributed by atoms with Crippen molar-refractivity contribution in [3.05, 3.63) is 11.6 Å². The maximum Gasteiger partial charge on any atom is 0.192 e. The second-order valence-corrected chi connectivity index (χ2v) is 7.35. The van der Waals surface area contributed by atoms with E-state index in [0.29, 0.717) is 18.6 Å². The first kappa shape index (κ1) is 20.5. The largest absolute Gasteiger partial charge is 0.354 e. The van der Waals surface area contributed by atoms with E-state index in [9.17, 15) is 0 Å². The third-order valence-electron chi connectivity index (χ3n) is 5.45. The molecule has 0 spiro atoms. The van der Waals surface area contributed by atoms with Gasteiger partial charge in [-0.25, -0.2) is 4.99 Å². The second-order valence-electron chi connectivity index (χ2n) is 7.35. The predicted octanol–water partition coefficient (Wildman–Crippen LogP) is 3.44. The van der Waals surface area contributed by atoms with Crippen molar-refractivity contribution in [1.29, 1.82) is 0 Å². The Morgan fingerprint density at radius 1 is 0.960 bits per heavy atom. The van der Waals surface area contributed by atoms with Gasteiger partial charge in [-0.15, -0.1) is 34.2 Å². The van der Waals surface area contributed by atoms with Gasteiger partial charge in [-0.1, -0.05) is 38.5 Å². The first-order valence-corrected chi connectivity index (χ1v) is 9.65. The molecule has 6 nitrogen and oxygen atoms in total. The lowest BCUT2D eigenvalue weighted by Crippen LogP contribution is -2.48. The molecule has 142 valence electrons. The van der Waals surface area contributed by atoms with Crippen LogP contribution in [0.2, 0.25) is 0 Å². The van der Waals surface area contributed by atoms with Crippen molar-refractivity contribution in [3.8, 4) is 0 Å². The number of nitrogens with one attached hydrogen (secondary N) is 2. The maximum atomic E-state index is 4.83. The van der Waals surface area contributed by atoms with Gasteiger partial charge in [0.2, 0.25) is 0 Å². The fourth-order valence-corrected chi connectivity index (χ4v) is 3.75. The molecule has 0 bridgehead atoms. The first-order valence-electron chi connectivity index (χ1n) is 9.65. The van der Waals surface area contributed by atoms with E-state index < -0.39 is 0 Å². The molecule has 2 aliphatic carbocycles. The normalized spacial score (nSPS) is 19.1. The number of nitrogens with zero attached hydrogens (tertiary/aromatic N) is 4. The lowest BCUT2D eigenvalue weighted by Gasteiger charge is -2.29. The second kappa shape index (κ2) is 10.3. The van der Waals surface area contributed by atoms with E-state index in [1.54, 1.807) is 0 Å². The monoisotopic (exact) mass is 460 g/mol. The van der Waals surface area contributed by atoms with Crippen molar-refractivity contribution >= 4 is 29.9 Å². The standard InChI is InChI=1S/C18H32N6.HI/c1-14-22-23-17(24(14)2)13-19-18(20-15-9-5-3-6-10-15)21-16-11-7-4-8-12-16;/h15-16H,3-13H2,1-2H3,(H2,19,20,21);1H. The molecule has 1 aromatic rings. The Hall–Kier alpha value is -0.860. The first-order chi connectivity index (χ1) is 11.7. The minimum atomic E-state index is 0. The highest BCUT2D eigenvalue weighted by molar-refractivity contribution is 14.0. The SMILES string of the molecule is Cc1nnc(CN=C(NC2CCCCC2)NC2CCCCC2)n1C.I. The molecular weight excluding hydrogens is 427 g/mol. The topological polar surface area (TPSA) is 67.1 Å². The summed E-state index contributed by atoms with van der Waals surface area (Å²) in [5, 5.41) is 15.7. The van der Waals surface area contributed by atoms with E-state index >= 15 is 0 Å². The van der Waals surface area contributed by atoms with E-state index in [1.807, 2.05) is 18.5 Å². The highest BCUT2D eigenvalue weighted by Gasteiger charge is 2.19. The van der Waals surface area contributed by atoms with Crippen molar-refractivity contribution in [2.75, 3.05) is 0 Å². The summed E-state index contributed by atoms with van der Waals surface area (Å²) in [6, 6.07) is 1.13. The van der Waals surface area contributed by atoms with Crippen LogP contribution in [0.15, 0.2) is 4.99 Å². The molecule has 1 aromatic heterocycles. The van der Waals surface area contributed by atoms with Crippen LogP contribution in [-0.2, 0) is 13.6 Å². The number of aryl methyl sites for hydroxylation is 1. The number of rotatable bonds is 4. The molecule has 0 aliphatic heterocycles. The average molecular weight is 460 g/mol. The van der Waals surface area contributed by atoms with Crippen molar-refractivity contribution in [2.24, 2.45) is 12.0 Å². The summed E-state index contributed by atoms with van der Waals surface area (Å²) >= 11 is 0. The van der Waals surface area contributed by atoms with Gasteiger partial charge in [0.05, 0.1) is 0 Å². The third kappa shape index (κ3) is 6.11. The number of aromatic nitrogens is 3. The van der Waals surface area contributed by atoms with Crippen LogP contribution in [0.25, 0.3) is 0 Å². The zero-order chi connectivity index (χ0) is 16.8. The minimum Gasteiger partial charge on any atom is -0.354 e. The molecule has 0 radical (unpaired) electrons. The highest BCUT2D eigenvalue weighted by atomic mass is 127. The quantitative estimate of drug-likeness (QED) is 0.411. The molecule has 2 fully saturated rings. The number of aliphatic imine (C=N–C) groups is 1. The molecule has 2 saturated carbocycles. The Bertz CT molecular complexity index is 522. The van der Waals surface area contributed by atoms with Crippen molar-refractivity contribution in [3.63, 3.8) is 0 Å². The van der Waals surface area contributed by atoms with Gasteiger partial charge >= 0.3 is 0 Å². The molecule has 0 unspecified atom stereocenters. The Balaban J connectivity index is 0.00000225. The van der Waals surface area contributed by atoms with Crippen molar-refractivity contribution in [2.45, 2.75) is 89.8 Å². The summed E-state index contributed by atoms with van der Waals surface area (Å²) < 4.78 is 2.02. The van der Waals surface area contributed by atoms with Crippen LogP contribution < -0.4 is 10.6 Å². The number of hydrogen-bond donors (Lipinski definition) is 2. The summed E-state index contributed by atoms with van der Waals surface area (Å²) in [6.45, 7) is 2.55. The molecule has 0 aromatic carbocycles. The molecule has 2 aliphatic rings. The minimum absolute atomic E-state index is 0. The molecular formula is C18H33IN6. The summed E-state index contributed by atoms with van der Waals surface area (Å²) in [5.41, 5.74) is 0. The fraction of sp³-hybridized carbons (Fsp3) is 0.833. The van der Waals surface area contributed by atoms with E-state index in [-0.39, 0.29) is 24.0 Å². The Kier molecular flexibility index (Phi) is 8.45. The fourth-order valence-electron chi connectivity index (χ4n) is 3.75. The van der Waals surface area contributed by atoms with Crippen LogP contribution >= 0.6 is 24.0 Å². The number of halogens is 1. The number of guanidine groups is 1. The smallest absolute Gasteiger partial charge is 0.192 e. The van der Waals surface area contributed by atoms with Crippen LogP contribution in [0.1, 0.15) is 75.9 Å². The van der Waals surface area contributed by atoms with Gasteiger partial charge in [0.1, 0.15) is 12.4 Å². The molecule has 0 amide bonds. The summed E-state index contributed by atoms with van der Waals surface area (Å²) in [7, 11) is 2.00. The maximum absolute atomic E-state index is 4.83. The van der Waals surface area contributed by atoms with Crippen LogP contribution in [-0.4, -0.2) is 32.8 Å². The molecule has 1 heterocycles. The van der Waals surface area contributed by atoms with E-state index in [4.69, 9.17) is 4.99 Å². The van der Waals surface area contributed by atoms with Gasteiger partial charge in [-0.3, -0.25) is 0 Å². The predicted molar refractivity (Wildman–Crippen MR) is 112 cm³/mol. The molecule has 7 heteroatoms. The van der Waals surface area contributed by atoms with Gasteiger partial charge in [-0.2, -0.15) is 0 Å². The average Bonchev–Trinajstić information content (AvgIpc) is 2.93. The lowest BCUT2D eigenvalue weighted by molar-refractivity contribution is 0.388. The van der Waals surface area contributed by atoms with Crippen LogP contribution in [0.4, 0.5) is 0 Å².